The molecule has 4 aromatic carbocycles. The molecular formula is C42H39N5O7. The summed E-state index contributed by atoms with van der Waals surface area (Å²) in [5, 5.41) is 18.0. The van der Waals surface area contributed by atoms with Crippen LogP contribution in [0.3, 0.4) is 0 Å². The molecular weight excluding hydrogens is 686 g/mol. The predicted octanol–water partition coefficient (Wildman–Crippen LogP) is 3.65. The molecule has 1 spiro atoms. The van der Waals surface area contributed by atoms with Crippen LogP contribution in [-0.2, 0) is 24.5 Å². The number of hydrogen-bond donors (Lipinski definition) is 5. The quantitative estimate of drug-likeness (QED) is 0.0937. The minimum Gasteiger partial charge on any atom is -0.491 e. The number of fused-ring (bicyclic) bond motifs is 3. The summed E-state index contributed by atoms with van der Waals surface area (Å²) in [7, 11) is 0. The number of cyclic esters (lactones) is 1. The molecule has 0 aromatic heterocycles. The van der Waals surface area contributed by atoms with Crippen LogP contribution in [0.15, 0.2) is 116 Å². The van der Waals surface area contributed by atoms with Crippen LogP contribution in [0.2, 0.25) is 0 Å². The minimum atomic E-state index is -1.72. The van der Waals surface area contributed by atoms with Gasteiger partial charge in [0.05, 0.1) is 31.2 Å². The Hall–Kier alpha value is -6.42. The number of benzene rings is 4. The van der Waals surface area contributed by atoms with E-state index in [1.165, 1.54) is 6.08 Å². The summed E-state index contributed by atoms with van der Waals surface area (Å²) in [6.07, 6.45) is 0.713. The summed E-state index contributed by atoms with van der Waals surface area (Å²) in [5.41, 5.74) is 7.09. The number of urea groups is 1. The van der Waals surface area contributed by atoms with Gasteiger partial charge in [-0.1, -0.05) is 90.7 Å². The Labute approximate surface area is 312 Å². The molecule has 2 fully saturated rings. The van der Waals surface area contributed by atoms with Gasteiger partial charge in [0.15, 0.2) is 0 Å². The SMILES string of the molecule is C=CCNC(=O)[C@@H]1[C@H]2C(=O)O[C@H](c3ccccc3)[C@H](c3ccccc3)N2[C@H](c2cccc(OCCO)c2)[C@@]12C(=O)Nc1ccc(C#CCNC(N)=O)cc12. The van der Waals surface area contributed by atoms with Gasteiger partial charge in [-0.05, 0) is 52.6 Å². The summed E-state index contributed by atoms with van der Waals surface area (Å²) >= 11 is 0. The zero-order valence-electron chi connectivity index (χ0n) is 29.2. The molecule has 12 nitrogen and oxygen atoms in total. The highest BCUT2D eigenvalue weighted by Crippen LogP contribution is 2.64. The second-order valence-electron chi connectivity index (χ2n) is 13.2. The molecule has 12 heteroatoms. The number of ether oxygens (including phenoxy) is 2. The van der Waals surface area contributed by atoms with Crippen LogP contribution in [0.1, 0.15) is 46.0 Å². The van der Waals surface area contributed by atoms with Crippen LogP contribution in [0.4, 0.5) is 10.5 Å². The molecule has 6 atom stereocenters. The number of carbonyl (C=O) groups excluding carboxylic acids is 4. The number of primary amides is 1. The monoisotopic (exact) mass is 725 g/mol. The first kappa shape index (κ1) is 36.0. The van der Waals surface area contributed by atoms with E-state index in [0.29, 0.717) is 28.1 Å². The van der Waals surface area contributed by atoms with Gasteiger partial charge in [-0.15, -0.1) is 6.58 Å². The first-order chi connectivity index (χ1) is 26.3. The molecule has 6 N–H and O–H groups in total. The van der Waals surface area contributed by atoms with Gasteiger partial charge in [0.1, 0.15) is 29.9 Å². The van der Waals surface area contributed by atoms with Crippen molar-refractivity contribution in [1.82, 2.24) is 15.5 Å². The van der Waals surface area contributed by atoms with E-state index >= 15 is 4.79 Å². The fourth-order valence-electron chi connectivity index (χ4n) is 8.17. The predicted molar refractivity (Wildman–Crippen MR) is 200 cm³/mol. The Balaban J connectivity index is 1.53. The standard InChI is InChI=1S/C42H39N5O7/c1-2-20-44-38(49)33-35-39(50)54-36(28-14-7-4-8-15-28)34(27-12-5-3-6-13-27)47(35)37(29-16-9-17-30(25-29)53-23-22-48)42(33)31-24-26(11-10-21-45-41(43)52)18-19-32(31)46-40(42)51/h2-9,12-19,24-25,33-37,48H,1,20-23H2,(H,44,49)(H,46,51)(H3,43,45,52)/t33-,34-,35-,36+,37+,42-/m0/s1. The van der Waals surface area contributed by atoms with Crippen molar-refractivity contribution in [1.29, 1.82) is 0 Å². The number of aliphatic hydroxyl groups excluding tert-OH is 1. The second-order valence-corrected chi connectivity index (χ2v) is 13.2. The molecule has 4 aromatic rings. The van der Waals surface area contributed by atoms with Crippen molar-refractivity contribution in [2.45, 2.75) is 29.6 Å². The van der Waals surface area contributed by atoms with Crippen LogP contribution in [-0.4, -0.2) is 66.2 Å². The number of nitrogens with one attached hydrogen (secondary N) is 3. The maximum absolute atomic E-state index is 15.1. The zero-order valence-corrected chi connectivity index (χ0v) is 29.2. The first-order valence-electron chi connectivity index (χ1n) is 17.6. The molecule has 7 rings (SSSR count). The zero-order chi connectivity index (χ0) is 37.8. The first-order valence-corrected chi connectivity index (χ1v) is 17.6. The summed E-state index contributed by atoms with van der Waals surface area (Å²) in [6, 6.07) is 27.8. The third kappa shape index (κ3) is 6.33. The number of aliphatic hydroxyl groups is 1. The maximum Gasteiger partial charge on any atom is 0.324 e. The molecule has 274 valence electrons. The fraction of sp³-hybridized carbons (Fsp3) is 0.238. The fourth-order valence-corrected chi connectivity index (χ4v) is 8.17. The number of morpholine rings is 1. The van der Waals surface area contributed by atoms with Crippen LogP contribution < -0.4 is 26.4 Å². The van der Waals surface area contributed by atoms with Crippen molar-refractivity contribution in [3.8, 4) is 17.6 Å². The average Bonchev–Trinajstić information content (AvgIpc) is 3.67. The van der Waals surface area contributed by atoms with E-state index in [2.05, 4.69) is 34.4 Å². The van der Waals surface area contributed by atoms with Gasteiger partial charge in [-0.25, -0.2) is 4.79 Å². The molecule has 3 heterocycles. The van der Waals surface area contributed by atoms with Gasteiger partial charge in [-0.3, -0.25) is 19.3 Å². The smallest absolute Gasteiger partial charge is 0.324 e. The van der Waals surface area contributed by atoms with E-state index in [0.717, 1.165) is 11.1 Å². The van der Waals surface area contributed by atoms with Crippen molar-refractivity contribution in [3.05, 3.63) is 144 Å². The maximum atomic E-state index is 15.1. The van der Waals surface area contributed by atoms with Crippen molar-refractivity contribution in [3.63, 3.8) is 0 Å². The lowest BCUT2D eigenvalue weighted by molar-refractivity contribution is -0.178. The van der Waals surface area contributed by atoms with Crippen molar-refractivity contribution >= 4 is 29.5 Å². The van der Waals surface area contributed by atoms with Gasteiger partial charge < -0.3 is 36.3 Å². The molecule has 0 radical (unpaired) electrons. The average molecular weight is 726 g/mol. The number of carbonyl (C=O) groups is 4. The molecule has 0 saturated carbocycles. The number of amides is 4. The highest BCUT2D eigenvalue weighted by atomic mass is 16.6. The Kier molecular flexibility index (Phi) is 10.2. The highest BCUT2D eigenvalue weighted by molar-refractivity contribution is 6.12. The van der Waals surface area contributed by atoms with E-state index in [1.807, 2.05) is 71.6 Å². The number of hydrogen-bond acceptors (Lipinski definition) is 8. The lowest BCUT2D eigenvalue weighted by atomic mass is 9.65. The van der Waals surface area contributed by atoms with Crippen molar-refractivity contribution in [2.75, 3.05) is 31.6 Å². The lowest BCUT2D eigenvalue weighted by Crippen LogP contribution is -2.54. The van der Waals surface area contributed by atoms with Crippen LogP contribution in [0.5, 0.6) is 5.75 Å². The summed E-state index contributed by atoms with van der Waals surface area (Å²) < 4.78 is 12.3. The van der Waals surface area contributed by atoms with E-state index in [-0.39, 0.29) is 26.3 Å². The Morgan fingerprint density at radius 2 is 1.67 bits per heavy atom. The van der Waals surface area contributed by atoms with Crippen molar-refractivity contribution < 1.29 is 33.8 Å². The molecule has 0 unspecified atom stereocenters. The van der Waals surface area contributed by atoms with E-state index in [1.54, 1.807) is 36.4 Å². The van der Waals surface area contributed by atoms with Gasteiger partial charge in [0.25, 0.3) is 0 Å². The van der Waals surface area contributed by atoms with Crippen molar-refractivity contribution in [2.24, 2.45) is 11.7 Å². The molecule has 2 saturated heterocycles. The topological polar surface area (TPSA) is 172 Å². The third-order valence-electron chi connectivity index (χ3n) is 10.1. The lowest BCUT2D eigenvalue weighted by Gasteiger charge is -2.46. The highest BCUT2D eigenvalue weighted by Gasteiger charge is 2.74. The van der Waals surface area contributed by atoms with Crippen LogP contribution >= 0.6 is 0 Å². The molecule has 3 aliphatic heterocycles. The van der Waals surface area contributed by atoms with Crippen LogP contribution in [0.25, 0.3) is 0 Å². The summed E-state index contributed by atoms with van der Waals surface area (Å²) in [4.78, 5) is 57.9. The molecule has 0 bridgehead atoms. The van der Waals surface area contributed by atoms with Gasteiger partial charge in [-0.2, -0.15) is 0 Å². The molecule has 3 aliphatic rings. The Bertz CT molecular complexity index is 2150. The van der Waals surface area contributed by atoms with Gasteiger partial charge in [0, 0.05) is 17.8 Å². The number of nitrogens with zero attached hydrogens (tertiary/aromatic N) is 1. The molecule has 0 aliphatic carbocycles. The number of nitrogens with two attached hydrogens (primary N) is 1. The van der Waals surface area contributed by atoms with E-state index in [4.69, 9.17) is 15.2 Å². The van der Waals surface area contributed by atoms with E-state index < -0.39 is 59.4 Å². The summed E-state index contributed by atoms with van der Waals surface area (Å²) in [6.45, 7) is 3.66. The largest absolute Gasteiger partial charge is 0.491 e. The van der Waals surface area contributed by atoms with E-state index in [9.17, 15) is 19.5 Å². The van der Waals surface area contributed by atoms with Crippen LogP contribution in [0, 0.1) is 17.8 Å². The summed E-state index contributed by atoms with van der Waals surface area (Å²) in [5.74, 6) is 3.37. The Morgan fingerprint density at radius 3 is 2.37 bits per heavy atom. The molecule has 4 amide bonds. The Morgan fingerprint density at radius 1 is 0.944 bits per heavy atom. The third-order valence-corrected chi connectivity index (χ3v) is 10.1. The minimum absolute atomic E-state index is 0.00803. The second kappa shape index (κ2) is 15.3. The van der Waals surface area contributed by atoms with Gasteiger partial charge in [0.2, 0.25) is 11.8 Å². The number of rotatable bonds is 10. The molecule has 54 heavy (non-hydrogen) atoms. The normalized spacial score (nSPS) is 23.9. The number of anilines is 1. The van der Waals surface area contributed by atoms with Gasteiger partial charge >= 0.3 is 12.0 Å². The number of esters is 1.